The summed E-state index contributed by atoms with van der Waals surface area (Å²) in [5, 5.41) is 9.12. The Labute approximate surface area is 102 Å². The number of phenols is 1. The van der Waals surface area contributed by atoms with Gasteiger partial charge in [-0.1, -0.05) is 6.07 Å². The van der Waals surface area contributed by atoms with Crippen molar-refractivity contribution in [3.8, 4) is 5.75 Å². The van der Waals surface area contributed by atoms with Gasteiger partial charge in [-0.3, -0.25) is 0 Å². The van der Waals surface area contributed by atoms with Crippen LogP contribution in [0.3, 0.4) is 0 Å². The predicted molar refractivity (Wildman–Crippen MR) is 58.6 cm³/mol. The maximum atomic E-state index is 12.1. The van der Waals surface area contributed by atoms with E-state index in [1.165, 1.54) is 18.2 Å². The topological polar surface area (TPSA) is 66.4 Å². The van der Waals surface area contributed by atoms with Gasteiger partial charge in [-0.15, -0.1) is 0 Å². The number of aromatic hydroxyl groups is 1. The van der Waals surface area contributed by atoms with E-state index in [1.807, 2.05) is 4.72 Å². The molecule has 1 aromatic carbocycles. The Hall–Kier alpha value is -1.28. The minimum Gasteiger partial charge on any atom is -0.508 e. The lowest BCUT2D eigenvalue weighted by Gasteiger charge is -2.16. The standard InChI is InChI=1S/C10H12F3NO3S/c1-7(6-10(11,12)13)14-18(16,17)9-4-2-3-8(15)5-9/h2-5,7,14-15H,6H2,1H3. The predicted octanol–water partition coefficient (Wildman–Crippen LogP) is 2.01. The van der Waals surface area contributed by atoms with Gasteiger partial charge in [0.2, 0.25) is 10.0 Å². The van der Waals surface area contributed by atoms with E-state index in [9.17, 15) is 21.6 Å². The number of phenolic OH excluding ortho intramolecular Hbond substituents is 1. The Morgan fingerprint density at radius 2 is 2.00 bits per heavy atom. The van der Waals surface area contributed by atoms with Crippen LogP contribution in [-0.2, 0) is 10.0 Å². The second-order valence-electron chi connectivity index (χ2n) is 3.84. The molecule has 0 amide bonds. The zero-order valence-electron chi connectivity index (χ0n) is 9.40. The first-order valence-electron chi connectivity index (χ1n) is 4.98. The molecule has 0 spiro atoms. The molecule has 0 saturated carbocycles. The van der Waals surface area contributed by atoms with Crippen LogP contribution in [-0.4, -0.2) is 25.7 Å². The summed E-state index contributed by atoms with van der Waals surface area (Å²) < 4.78 is 61.5. The van der Waals surface area contributed by atoms with Crippen molar-refractivity contribution in [1.82, 2.24) is 4.72 Å². The fourth-order valence-corrected chi connectivity index (χ4v) is 2.66. The third kappa shape index (κ3) is 4.53. The van der Waals surface area contributed by atoms with Gasteiger partial charge in [-0.25, -0.2) is 13.1 Å². The monoisotopic (exact) mass is 283 g/mol. The number of hydrogen-bond acceptors (Lipinski definition) is 3. The van der Waals surface area contributed by atoms with E-state index in [1.54, 1.807) is 0 Å². The molecule has 0 fully saturated rings. The van der Waals surface area contributed by atoms with Gasteiger partial charge in [-0.2, -0.15) is 13.2 Å². The number of sulfonamides is 1. The molecule has 102 valence electrons. The minimum absolute atomic E-state index is 0.277. The first kappa shape index (κ1) is 14.8. The van der Waals surface area contributed by atoms with Gasteiger partial charge in [0.15, 0.2) is 0 Å². The Morgan fingerprint density at radius 3 is 2.50 bits per heavy atom. The molecule has 8 heteroatoms. The second-order valence-corrected chi connectivity index (χ2v) is 5.55. The quantitative estimate of drug-likeness (QED) is 0.888. The van der Waals surface area contributed by atoms with Crippen molar-refractivity contribution in [2.45, 2.75) is 30.5 Å². The fourth-order valence-electron chi connectivity index (χ4n) is 1.37. The molecule has 0 radical (unpaired) electrons. The van der Waals surface area contributed by atoms with Gasteiger partial charge in [0.05, 0.1) is 11.3 Å². The van der Waals surface area contributed by atoms with Crippen LogP contribution in [0.15, 0.2) is 29.2 Å². The number of halogens is 3. The summed E-state index contributed by atoms with van der Waals surface area (Å²) in [7, 11) is -4.06. The molecule has 0 saturated heterocycles. The van der Waals surface area contributed by atoms with E-state index in [0.29, 0.717) is 0 Å². The van der Waals surface area contributed by atoms with E-state index in [0.717, 1.165) is 13.0 Å². The third-order valence-corrected chi connectivity index (χ3v) is 3.61. The number of nitrogens with one attached hydrogen (secondary N) is 1. The zero-order valence-corrected chi connectivity index (χ0v) is 10.2. The molecule has 4 nitrogen and oxygen atoms in total. The Bertz CT molecular complexity index is 513. The van der Waals surface area contributed by atoms with Crippen LogP contribution >= 0.6 is 0 Å². The van der Waals surface area contributed by atoms with Crippen LogP contribution in [0.25, 0.3) is 0 Å². The molecule has 0 aliphatic rings. The van der Waals surface area contributed by atoms with E-state index in [4.69, 9.17) is 5.11 Å². The molecule has 1 rings (SSSR count). The van der Waals surface area contributed by atoms with Crippen molar-refractivity contribution >= 4 is 10.0 Å². The van der Waals surface area contributed by atoms with Crippen LogP contribution in [0, 0.1) is 0 Å². The molecule has 0 aliphatic carbocycles. The average Bonchev–Trinajstić information content (AvgIpc) is 2.13. The van der Waals surface area contributed by atoms with Gasteiger partial charge in [0, 0.05) is 6.04 Å². The van der Waals surface area contributed by atoms with Gasteiger partial charge >= 0.3 is 6.18 Å². The number of benzene rings is 1. The van der Waals surface area contributed by atoms with Crippen molar-refractivity contribution < 1.29 is 26.7 Å². The Kier molecular flexibility index (Phi) is 4.23. The molecule has 1 unspecified atom stereocenters. The molecule has 0 heterocycles. The first-order chi connectivity index (χ1) is 8.10. The number of hydrogen-bond donors (Lipinski definition) is 2. The highest BCUT2D eigenvalue weighted by molar-refractivity contribution is 7.89. The molecule has 18 heavy (non-hydrogen) atoms. The molecule has 2 N–H and O–H groups in total. The van der Waals surface area contributed by atoms with Gasteiger partial charge < -0.3 is 5.11 Å². The maximum absolute atomic E-state index is 12.1. The van der Waals surface area contributed by atoms with Crippen LogP contribution in [0.2, 0.25) is 0 Å². The van der Waals surface area contributed by atoms with Crippen molar-refractivity contribution in [2.24, 2.45) is 0 Å². The van der Waals surface area contributed by atoms with Crippen LogP contribution in [0.4, 0.5) is 13.2 Å². The van der Waals surface area contributed by atoms with Crippen LogP contribution in [0.5, 0.6) is 5.75 Å². The number of rotatable bonds is 4. The van der Waals surface area contributed by atoms with Gasteiger partial charge in [0.1, 0.15) is 5.75 Å². The Morgan fingerprint density at radius 1 is 1.39 bits per heavy atom. The van der Waals surface area contributed by atoms with Crippen molar-refractivity contribution in [2.75, 3.05) is 0 Å². The molecule has 1 aromatic rings. The summed E-state index contributed by atoms with van der Waals surface area (Å²) in [6, 6.07) is 3.42. The average molecular weight is 283 g/mol. The maximum Gasteiger partial charge on any atom is 0.390 e. The molecular formula is C10H12F3NO3S. The smallest absolute Gasteiger partial charge is 0.390 e. The summed E-state index contributed by atoms with van der Waals surface area (Å²) in [4.78, 5) is -0.281. The van der Waals surface area contributed by atoms with E-state index in [-0.39, 0.29) is 10.6 Å². The van der Waals surface area contributed by atoms with Crippen LogP contribution in [0.1, 0.15) is 13.3 Å². The normalized spacial score (nSPS) is 14.4. The van der Waals surface area contributed by atoms with Gasteiger partial charge in [-0.05, 0) is 25.1 Å². The van der Waals surface area contributed by atoms with E-state index < -0.39 is 28.7 Å². The molecule has 0 bridgehead atoms. The highest BCUT2D eigenvalue weighted by atomic mass is 32.2. The van der Waals surface area contributed by atoms with Crippen LogP contribution < -0.4 is 4.72 Å². The van der Waals surface area contributed by atoms with Crippen molar-refractivity contribution in [3.05, 3.63) is 24.3 Å². The highest BCUT2D eigenvalue weighted by Crippen LogP contribution is 2.22. The lowest BCUT2D eigenvalue weighted by Crippen LogP contribution is -2.35. The molecule has 1 atom stereocenters. The third-order valence-electron chi connectivity index (χ3n) is 2.02. The summed E-state index contributed by atoms with van der Waals surface area (Å²) in [6.45, 7) is 1.12. The SMILES string of the molecule is CC(CC(F)(F)F)NS(=O)(=O)c1cccc(O)c1. The highest BCUT2D eigenvalue weighted by Gasteiger charge is 2.31. The molecular weight excluding hydrogens is 271 g/mol. The lowest BCUT2D eigenvalue weighted by atomic mass is 10.2. The largest absolute Gasteiger partial charge is 0.508 e. The lowest BCUT2D eigenvalue weighted by molar-refractivity contribution is -0.137. The van der Waals surface area contributed by atoms with Crippen molar-refractivity contribution in [3.63, 3.8) is 0 Å². The minimum atomic E-state index is -4.44. The fraction of sp³-hybridized carbons (Fsp3) is 0.400. The summed E-state index contributed by atoms with van der Waals surface area (Å²) in [5.74, 6) is -0.277. The number of alkyl halides is 3. The zero-order chi connectivity index (χ0) is 14.0. The Balaban J connectivity index is 2.83. The van der Waals surface area contributed by atoms with E-state index >= 15 is 0 Å². The molecule has 0 aliphatic heterocycles. The second kappa shape index (κ2) is 5.15. The summed E-state index contributed by atoms with van der Waals surface area (Å²) >= 11 is 0. The summed E-state index contributed by atoms with van der Waals surface area (Å²) in [5.41, 5.74) is 0. The van der Waals surface area contributed by atoms with Crippen molar-refractivity contribution in [1.29, 1.82) is 0 Å². The van der Waals surface area contributed by atoms with E-state index in [2.05, 4.69) is 0 Å². The molecule has 0 aromatic heterocycles. The summed E-state index contributed by atoms with van der Waals surface area (Å²) in [6.07, 6.45) is -5.70. The first-order valence-corrected chi connectivity index (χ1v) is 6.46. The van der Waals surface area contributed by atoms with Gasteiger partial charge in [0.25, 0.3) is 0 Å².